The maximum absolute atomic E-state index is 4.68. The number of nitrogens with zero attached hydrogens (tertiary/aromatic N) is 3. The highest BCUT2D eigenvalue weighted by Crippen LogP contribution is 2.25. The molecule has 1 aliphatic rings. The molecule has 0 aliphatic carbocycles. The highest BCUT2D eigenvalue weighted by Gasteiger charge is 2.15. The Morgan fingerprint density at radius 3 is 2.91 bits per heavy atom. The van der Waals surface area contributed by atoms with Crippen molar-refractivity contribution in [3.63, 3.8) is 0 Å². The molecule has 2 heterocycles. The van der Waals surface area contributed by atoms with Gasteiger partial charge in [0, 0.05) is 38.6 Å². The summed E-state index contributed by atoms with van der Waals surface area (Å²) >= 11 is 2.06. The minimum Gasteiger partial charge on any atom is -0.363 e. The van der Waals surface area contributed by atoms with Gasteiger partial charge in [0.05, 0.1) is 6.54 Å². The second-order valence-corrected chi connectivity index (χ2v) is 7.04. The topological polar surface area (TPSA) is 52.6 Å². The van der Waals surface area contributed by atoms with Crippen molar-refractivity contribution in [2.45, 2.75) is 31.6 Å². The first-order chi connectivity index (χ1) is 10.7. The summed E-state index contributed by atoms with van der Waals surface area (Å²) in [7, 11) is 4.00. The Bertz CT molecular complexity index is 489. The zero-order valence-corrected chi connectivity index (χ0v) is 17.4. The molecule has 1 unspecified atom stereocenters. The standard InChI is InChI=1S/C16H27N5S.HI/c1-4-17-16(20-12-14-6-5-9-22-14)19-11-13-7-8-18-15(10-13)21(2)3;/h7-8,10,14H,4-6,9,11-12H2,1-3H3,(H2,17,19,20);1H. The van der Waals surface area contributed by atoms with E-state index in [4.69, 9.17) is 0 Å². The monoisotopic (exact) mass is 449 g/mol. The smallest absolute Gasteiger partial charge is 0.191 e. The molecule has 2 N–H and O–H groups in total. The van der Waals surface area contributed by atoms with Crippen molar-refractivity contribution in [2.75, 3.05) is 37.8 Å². The maximum atomic E-state index is 4.68. The van der Waals surface area contributed by atoms with Gasteiger partial charge in [0.1, 0.15) is 5.82 Å². The van der Waals surface area contributed by atoms with Crippen LogP contribution in [0.2, 0.25) is 0 Å². The molecule has 0 saturated carbocycles. The van der Waals surface area contributed by atoms with Crippen LogP contribution in [0.15, 0.2) is 23.3 Å². The first-order valence-electron chi connectivity index (χ1n) is 7.95. The van der Waals surface area contributed by atoms with E-state index in [0.717, 1.165) is 30.1 Å². The first-order valence-corrected chi connectivity index (χ1v) is 9.00. The molecular weight excluding hydrogens is 421 g/mol. The minimum absolute atomic E-state index is 0. The number of nitrogens with one attached hydrogen (secondary N) is 2. The molecule has 0 bridgehead atoms. The van der Waals surface area contributed by atoms with Crippen molar-refractivity contribution < 1.29 is 0 Å². The Hall–Kier alpha value is -0.700. The Balaban J connectivity index is 0.00000264. The maximum Gasteiger partial charge on any atom is 0.191 e. The van der Waals surface area contributed by atoms with Crippen LogP contribution in [-0.2, 0) is 6.54 Å². The van der Waals surface area contributed by atoms with Gasteiger partial charge in [-0.15, -0.1) is 24.0 Å². The lowest BCUT2D eigenvalue weighted by Gasteiger charge is -2.15. The highest BCUT2D eigenvalue weighted by molar-refractivity contribution is 14.0. The number of aliphatic imine (C=N–C) groups is 1. The van der Waals surface area contributed by atoms with Crippen molar-refractivity contribution in [2.24, 2.45) is 4.99 Å². The Kier molecular flexibility index (Phi) is 9.69. The van der Waals surface area contributed by atoms with Gasteiger partial charge in [-0.3, -0.25) is 0 Å². The van der Waals surface area contributed by atoms with Crippen LogP contribution in [0.1, 0.15) is 25.3 Å². The lowest BCUT2D eigenvalue weighted by Crippen LogP contribution is -2.40. The van der Waals surface area contributed by atoms with E-state index in [9.17, 15) is 0 Å². The lowest BCUT2D eigenvalue weighted by atomic mass is 10.2. The molecule has 5 nitrogen and oxygen atoms in total. The van der Waals surface area contributed by atoms with E-state index in [-0.39, 0.29) is 24.0 Å². The van der Waals surface area contributed by atoms with Crippen LogP contribution in [0.3, 0.4) is 0 Å². The fraction of sp³-hybridized carbons (Fsp3) is 0.625. The molecule has 1 aromatic rings. The summed E-state index contributed by atoms with van der Waals surface area (Å²) < 4.78 is 0. The Morgan fingerprint density at radius 2 is 2.26 bits per heavy atom. The quantitative estimate of drug-likeness (QED) is 0.398. The number of rotatable bonds is 6. The number of hydrogen-bond acceptors (Lipinski definition) is 4. The van der Waals surface area contributed by atoms with Crippen molar-refractivity contribution in [3.8, 4) is 0 Å². The SMILES string of the molecule is CCNC(=NCc1ccnc(N(C)C)c1)NCC1CCCS1.I. The zero-order valence-electron chi connectivity index (χ0n) is 14.2. The predicted octanol–water partition coefficient (Wildman–Crippen LogP) is 2.72. The molecule has 1 atom stereocenters. The van der Waals surface area contributed by atoms with Gasteiger partial charge in [0.15, 0.2) is 5.96 Å². The van der Waals surface area contributed by atoms with Crippen molar-refractivity contribution >= 4 is 47.5 Å². The van der Waals surface area contributed by atoms with Crippen molar-refractivity contribution in [3.05, 3.63) is 23.9 Å². The summed E-state index contributed by atoms with van der Waals surface area (Å²) in [5.41, 5.74) is 1.17. The molecule has 1 fully saturated rings. The summed E-state index contributed by atoms with van der Waals surface area (Å²) in [5, 5.41) is 7.51. The molecule has 1 saturated heterocycles. The number of pyridine rings is 1. The summed E-state index contributed by atoms with van der Waals surface area (Å²) in [6, 6.07) is 4.10. The molecule has 1 aromatic heterocycles. The predicted molar refractivity (Wildman–Crippen MR) is 112 cm³/mol. The molecule has 1 aliphatic heterocycles. The summed E-state index contributed by atoms with van der Waals surface area (Å²) in [5.74, 6) is 3.16. The molecule has 0 amide bonds. The molecule has 23 heavy (non-hydrogen) atoms. The third-order valence-corrected chi connectivity index (χ3v) is 4.95. The van der Waals surface area contributed by atoms with E-state index in [1.807, 2.05) is 31.3 Å². The van der Waals surface area contributed by atoms with Crippen LogP contribution in [0.5, 0.6) is 0 Å². The Labute approximate surface area is 161 Å². The molecule has 7 heteroatoms. The van der Waals surface area contributed by atoms with Gasteiger partial charge in [-0.25, -0.2) is 9.98 Å². The average Bonchev–Trinajstić information content (AvgIpc) is 3.03. The third kappa shape index (κ3) is 7.15. The van der Waals surface area contributed by atoms with Crippen molar-refractivity contribution in [1.82, 2.24) is 15.6 Å². The number of aromatic nitrogens is 1. The van der Waals surface area contributed by atoms with Gasteiger partial charge in [0.25, 0.3) is 0 Å². The van der Waals surface area contributed by atoms with E-state index in [1.54, 1.807) is 0 Å². The fourth-order valence-corrected chi connectivity index (χ4v) is 3.53. The number of halogens is 1. The number of hydrogen-bond donors (Lipinski definition) is 2. The van der Waals surface area contributed by atoms with Gasteiger partial charge in [-0.1, -0.05) is 0 Å². The molecule has 2 rings (SSSR count). The molecule has 130 valence electrons. The molecule has 0 aromatic carbocycles. The number of guanidine groups is 1. The van der Waals surface area contributed by atoms with Gasteiger partial charge in [-0.05, 0) is 43.2 Å². The second kappa shape index (κ2) is 11.0. The molecule has 0 radical (unpaired) electrons. The first kappa shape index (κ1) is 20.3. The molecule has 0 spiro atoms. The third-order valence-electron chi connectivity index (χ3n) is 3.55. The van der Waals surface area contributed by atoms with E-state index >= 15 is 0 Å². The summed E-state index contributed by atoms with van der Waals surface area (Å²) in [6.45, 7) is 4.63. The van der Waals surface area contributed by atoms with Crippen LogP contribution in [0, 0.1) is 0 Å². The second-order valence-electron chi connectivity index (χ2n) is 5.63. The molecular formula is C16H28IN5S. The van der Waals surface area contributed by atoms with Gasteiger partial charge in [-0.2, -0.15) is 11.8 Å². The van der Waals surface area contributed by atoms with E-state index < -0.39 is 0 Å². The van der Waals surface area contributed by atoms with Gasteiger partial charge >= 0.3 is 0 Å². The van der Waals surface area contributed by atoms with Gasteiger partial charge in [0.2, 0.25) is 0 Å². The Morgan fingerprint density at radius 1 is 1.43 bits per heavy atom. The lowest BCUT2D eigenvalue weighted by molar-refractivity contribution is 0.727. The summed E-state index contributed by atoms with van der Waals surface area (Å²) in [6.07, 6.45) is 4.50. The van der Waals surface area contributed by atoms with Crippen molar-refractivity contribution in [1.29, 1.82) is 0 Å². The van der Waals surface area contributed by atoms with Crippen LogP contribution < -0.4 is 15.5 Å². The van der Waals surface area contributed by atoms with Crippen LogP contribution in [-0.4, -0.2) is 49.1 Å². The highest BCUT2D eigenvalue weighted by atomic mass is 127. The minimum atomic E-state index is 0. The van der Waals surface area contributed by atoms with E-state index in [1.165, 1.54) is 24.2 Å². The summed E-state index contributed by atoms with van der Waals surface area (Å²) in [4.78, 5) is 11.0. The number of anilines is 1. The van der Waals surface area contributed by atoms with Crippen LogP contribution in [0.25, 0.3) is 0 Å². The van der Waals surface area contributed by atoms with Crippen LogP contribution in [0.4, 0.5) is 5.82 Å². The van der Waals surface area contributed by atoms with E-state index in [0.29, 0.717) is 6.54 Å². The zero-order chi connectivity index (χ0) is 15.8. The number of thioether (sulfide) groups is 1. The van der Waals surface area contributed by atoms with Crippen LogP contribution >= 0.6 is 35.7 Å². The van der Waals surface area contributed by atoms with E-state index in [2.05, 4.69) is 45.4 Å². The normalized spacial score (nSPS) is 17.5. The fourth-order valence-electron chi connectivity index (χ4n) is 2.33. The average molecular weight is 449 g/mol. The van der Waals surface area contributed by atoms with Gasteiger partial charge < -0.3 is 15.5 Å². The largest absolute Gasteiger partial charge is 0.363 e.